The zero-order valence-corrected chi connectivity index (χ0v) is 12.1. The largest absolute Gasteiger partial charge is 0.324 e. The molecule has 18 heavy (non-hydrogen) atoms. The Morgan fingerprint density at radius 1 is 1.11 bits per heavy atom. The van der Waals surface area contributed by atoms with Crippen LogP contribution in [0.3, 0.4) is 0 Å². The maximum absolute atomic E-state index is 6.34. The molecule has 0 aromatic heterocycles. The third kappa shape index (κ3) is 4.30. The van der Waals surface area contributed by atoms with Crippen LogP contribution in [-0.2, 0) is 0 Å². The van der Waals surface area contributed by atoms with Gasteiger partial charge in [-0.3, -0.25) is 0 Å². The number of rotatable bonds is 7. The SMILES string of the molecule is C=CCCCCCC(N)c1c(C)cc(C)cc1C. The summed E-state index contributed by atoms with van der Waals surface area (Å²) in [4.78, 5) is 0. The molecule has 0 fully saturated rings. The Labute approximate surface area is 112 Å². The van der Waals surface area contributed by atoms with Crippen LogP contribution in [0.4, 0.5) is 0 Å². The van der Waals surface area contributed by atoms with E-state index in [4.69, 9.17) is 5.73 Å². The van der Waals surface area contributed by atoms with E-state index in [-0.39, 0.29) is 6.04 Å². The molecule has 0 aliphatic rings. The molecule has 0 amide bonds. The molecular formula is C17H27N. The van der Waals surface area contributed by atoms with Crippen LogP contribution in [-0.4, -0.2) is 0 Å². The monoisotopic (exact) mass is 245 g/mol. The third-order valence-corrected chi connectivity index (χ3v) is 3.53. The fourth-order valence-corrected chi connectivity index (χ4v) is 2.75. The fraction of sp³-hybridized carbons (Fsp3) is 0.529. The second kappa shape index (κ2) is 7.38. The molecule has 0 radical (unpaired) electrons. The van der Waals surface area contributed by atoms with E-state index in [1.165, 1.54) is 41.5 Å². The predicted octanol–water partition coefficient (Wildman–Crippen LogP) is 4.75. The van der Waals surface area contributed by atoms with Gasteiger partial charge >= 0.3 is 0 Å². The maximum Gasteiger partial charge on any atom is 0.0300 e. The van der Waals surface area contributed by atoms with Crippen molar-refractivity contribution in [3.8, 4) is 0 Å². The van der Waals surface area contributed by atoms with Crippen molar-refractivity contribution in [1.82, 2.24) is 0 Å². The first-order valence-corrected chi connectivity index (χ1v) is 7.00. The van der Waals surface area contributed by atoms with E-state index in [2.05, 4.69) is 39.5 Å². The van der Waals surface area contributed by atoms with Crippen LogP contribution < -0.4 is 5.73 Å². The highest BCUT2D eigenvalue weighted by molar-refractivity contribution is 5.39. The number of hydrogen-bond donors (Lipinski definition) is 1. The van der Waals surface area contributed by atoms with Gasteiger partial charge in [-0.2, -0.15) is 0 Å². The predicted molar refractivity (Wildman–Crippen MR) is 80.9 cm³/mol. The van der Waals surface area contributed by atoms with E-state index in [0.717, 1.165) is 12.8 Å². The molecule has 0 saturated heterocycles. The van der Waals surface area contributed by atoms with Crippen molar-refractivity contribution >= 4 is 0 Å². The van der Waals surface area contributed by atoms with Gasteiger partial charge in [0, 0.05) is 6.04 Å². The van der Waals surface area contributed by atoms with Crippen LogP contribution in [0, 0.1) is 20.8 Å². The Morgan fingerprint density at radius 3 is 2.28 bits per heavy atom. The lowest BCUT2D eigenvalue weighted by Gasteiger charge is -2.18. The zero-order valence-electron chi connectivity index (χ0n) is 12.1. The highest BCUT2D eigenvalue weighted by Gasteiger charge is 2.11. The molecule has 0 spiro atoms. The van der Waals surface area contributed by atoms with E-state index in [1.54, 1.807) is 0 Å². The summed E-state index contributed by atoms with van der Waals surface area (Å²) >= 11 is 0. The molecule has 1 aromatic carbocycles. The molecule has 1 atom stereocenters. The number of aryl methyl sites for hydroxylation is 3. The van der Waals surface area contributed by atoms with Crippen molar-refractivity contribution in [2.24, 2.45) is 5.73 Å². The Bertz CT molecular complexity index is 370. The zero-order chi connectivity index (χ0) is 13.5. The van der Waals surface area contributed by atoms with Crippen molar-refractivity contribution in [2.45, 2.75) is 58.9 Å². The molecule has 2 N–H and O–H groups in total. The molecule has 1 unspecified atom stereocenters. The van der Waals surface area contributed by atoms with Crippen LogP contribution in [0.1, 0.15) is 60.4 Å². The minimum Gasteiger partial charge on any atom is -0.324 e. The van der Waals surface area contributed by atoms with Gasteiger partial charge in [-0.15, -0.1) is 6.58 Å². The summed E-state index contributed by atoms with van der Waals surface area (Å²) in [5.41, 5.74) is 11.7. The van der Waals surface area contributed by atoms with Crippen molar-refractivity contribution in [1.29, 1.82) is 0 Å². The summed E-state index contributed by atoms with van der Waals surface area (Å²) in [7, 11) is 0. The topological polar surface area (TPSA) is 26.0 Å². The van der Waals surface area contributed by atoms with Gasteiger partial charge in [-0.1, -0.05) is 36.6 Å². The highest BCUT2D eigenvalue weighted by Crippen LogP contribution is 2.25. The van der Waals surface area contributed by atoms with Crippen LogP contribution >= 0.6 is 0 Å². The van der Waals surface area contributed by atoms with E-state index >= 15 is 0 Å². The van der Waals surface area contributed by atoms with Gasteiger partial charge in [0.1, 0.15) is 0 Å². The van der Waals surface area contributed by atoms with E-state index in [1.807, 2.05) is 6.08 Å². The van der Waals surface area contributed by atoms with Crippen LogP contribution in [0.15, 0.2) is 24.8 Å². The molecule has 0 bridgehead atoms. The number of nitrogens with two attached hydrogens (primary N) is 1. The summed E-state index contributed by atoms with van der Waals surface area (Å²) in [5, 5.41) is 0. The maximum atomic E-state index is 6.34. The summed E-state index contributed by atoms with van der Waals surface area (Å²) < 4.78 is 0. The average molecular weight is 245 g/mol. The Balaban J connectivity index is 2.56. The second-order valence-electron chi connectivity index (χ2n) is 5.35. The molecular weight excluding hydrogens is 218 g/mol. The number of hydrogen-bond acceptors (Lipinski definition) is 1. The smallest absolute Gasteiger partial charge is 0.0300 e. The summed E-state index contributed by atoms with van der Waals surface area (Å²) in [6.07, 6.45) is 7.90. The van der Waals surface area contributed by atoms with Crippen molar-refractivity contribution < 1.29 is 0 Å². The molecule has 0 aliphatic carbocycles. The second-order valence-corrected chi connectivity index (χ2v) is 5.35. The van der Waals surface area contributed by atoms with Gasteiger partial charge < -0.3 is 5.73 Å². The Morgan fingerprint density at radius 2 is 1.72 bits per heavy atom. The first-order chi connectivity index (χ1) is 8.56. The molecule has 100 valence electrons. The normalized spacial score (nSPS) is 12.4. The number of unbranched alkanes of at least 4 members (excludes halogenated alkanes) is 3. The average Bonchev–Trinajstić information content (AvgIpc) is 2.27. The Kier molecular flexibility index (Phi) is 6.14. The molecule has 0 saturated carbocycles. The lowest BCUT2D eigenvalue weighted by molar-refractivity contribution is 0.569. The van der Waals surface area contributed by atoms with Crippen molar-refractivity contribution in [3.63, 3.8) is 0 Å². The van der Waals surface area contributed by atoms with Crippen LogP contribution in [0.2, 0.25) is 0 Å². The summed E-state index contributed by atoms with van der Waals surface area (Å²) in [5.74, 6) is 0. The number of benzene rings is 1. The minimum atomic E-state index is 0.189. The van der Waals surface area contributed by atoms with Gasteiger partial charge in [0.2, 0.25) is 0 Å². The van der Waals surface area contributed by atoms with Crippen molar-refractivity contribution in [3.05, 3.63) is 47.0 Å². The molecule has 1 rings (SSSR count). The van der Waals surface area contributed by atoms with E-state index < -0.39 is 0 Å². The van der Waals surface area contributed by atoms with Gasteiger partial charge in [0.25, 0.3) is 0 Å². The van der Waals surface area contributed by atoms with Gasteiger partial charge in [0.05, 0.1) is 0 Å². The quantitative estimate of drug-likeness (QED) is 0.544. The molecule has 1 nitrogen and oxygen atoms in total. The third-order valence-electron chi connectivity index (χ3n) is 3.53. The first-order valence-electron chi connectivity index (χ1n) is 7.00. The number of allylic oxidation sites excluding steroid dienone is 1. The standard InChI is InChI=1S/C17H27N/c1-5-6-7-8-9-10-16(18)17-14(3)11-13(2)12-15(17)4/h5,11-12,16H,1,6-10,18H2,2-4H3. The Hall–Kier alpha value is -1.08. The van der Waals surface area contributed by atoms with E-state index in [9.17, 15) is 0 Å². The van der Waals surface area contributed by atoms with Crippen molar-refractivity contribution in [2.75, 3.05) is 0 Å². The minimum absolute atomic E-state index is 0.189. The summed E-state index contributed by atoms with van der Waals surface area (Å²) in [6.45, 7) is 10.2. The molecule has 0 aliphatic heterocycles. The van der Waals surface area contributed by atoms with Gasteiger partial charge in [0.15, 0.2) is 0 Å². The van der Waals surface area contributed by atoms with Crippen LogP contribution in [0.25, 0.3) is 0 Å². The van der Waals surface area contributed by atoms with E-state index in [0.29, 0.717) is 0 Å². The first kappa shape index (κ1) is 15.0. The highest BCUT2D eigenvalue weighted by atomic mass is 14.6. The van der Waals surface area contributed by atoms with Gasteiger partial charge in [-0.25, -0.2) is 0 Å². The lowest BCUT2D eigenvalue weighted by Crippen LogP contribution is -2.13. The molecule has 1 heteroatoms. The van der Waals surface area contributed by atoms with Crippen LogP contribution in [0.5, 0.6) is 0 Å². The molecule has 0 heterocycles. The molecule has 1 aromatic rings. The lowest BCUT2D eigenvalue weighted by atomic mass is 9.91. The van der Waals surface area contributed by atoms with Gasteiger partial charge in [-0.05, 0) is 56.7 Å². The summed E-state index contributed by atoms with van der Waals surface area (Å²) in [6, 6.07) is 4.66. The fourth-order valence-electron chi connectivity index (χ4n) is 2.75.